The first kappa shape index (κ1) is 26.0. The number of carbonyl (C=O) groups is 3. The van der Waals surface area contributed by atoms with Crippen molar-refractivity contribution in [2.45, 2.75) is 57.5 Å². The molecule has 2 fully saturated rings. The lowest BCUT2D eigenvalue weighted by atomic mass is 9.88. The molecule has 2 aliphatic rings. The minimum Gasteiger partial charge on any atom is -0.484 e. The first-order valence-corrected chi connectivity index (χ1v) is 13.1. The van der Waals surface area contributed by atoms with E-state index in [1.807, 2.05) is 31.2 Å². The normalized spacial score (nSPS) is 21.9. The van der Waals surface area contributed by atoms with E-state index in [4.69, 9.17) is 16.3 Å². The molecule has 2 aromatic carbocycles. The molecular formula is C28H34ClN3O4. The van der Waals surface area contributed by atoms with E-state index in [2.05, 4.69) is 10.6 Å². The lowest BCUT2D eigenvalue weighted by Gasteiger charge is -2.36. The summed E-state index contributed by atoms with van der Waals surface area (Å²) < 4.78 is 5.60. The van der Waals surface area contributed by atoms with Crippen molar-refractivity contribution in [1.82, 2.24) is 15.5 Å². The molecule has 0 aromatic heterocycles. The third-order valence-corrected chi connectivity index (χ3v) is 7.37. The molecule has 2 unspecified atom stereocenters. The standard InChI is InChI=1S/C28H34ClN3O4/c1-19-7-2-3-9-23(19)28(35)31-25-11-5-4-10-24(25)30-27(34)20-8-6-16-32(17-20)26(33)18-36-22-14-12-21(29)13-15-22/h2-3,7,9,12-15,20,24-25H,4-6,8,10-11,16-18H2,1H3,(H,30,34)(H,31,35)/t20?,24?,25-/m1/s1. The second kappa shape index (κ2) is 12.3. The van der Waals surface area contributed by atoms with Crippen LogP contribution < -0.4 is 15.4 Å². The van der Waals surface area contributed by atoms with Gasteiger partial charge in [0.25, 0.3) is 11.8 Å². The van der Waals surface area contributed by atoms with Crippen molar-refractivity contribution in [3.8, 4) is 5.75 Å². The van der Waals surface area contributed by atoms with Crippen molar-refractivity contribution in [2.24, 2.45) is 5.92 Å². The van der Waals surface area contributed by atoms with Gasteiger partial charge in [0.15, 0.2) is 6.61 Å². The molecule has 1 saturated heterocycles. The topological polar surface area (TPSA) is 87.7 Å². The van der Waals surface area contributed by atoms with E-state index in [0.717, 1.165) is 44.1 Å². The molecular weight excluding hydrogens is 478 g/mol. The van der Waals surface area contributed by atoms with Crippen LogP contribution in [0.2, 0.25) is 5.02 Å². The highest BCUT2D eigenvalue weighted by molar-refractivity contribution is 6.30. The number of hydrogen-bond acceptors (Lipinski definition) is 4. The molecule has 0 radical (unpaired) electrons. The van der Waals surface area contributed by atoms with Crippen LogP contribution in [0.4, 0.5) is 0 Å². The molecule has 0 spiro atoms. The van der Waals surface area contributed by atoms with Crippen molar-refractivity contribution >= 4 is 29.3 Å². The Hall–Kier alpha value is -3.06. The number of benzene rings is 2. The van der Waals surface area contributed by atoms with E-state index in [1.165, 1.54) is 0 Å². The fourth-order valence-corrected chi connectivity index (χ4v) is 5.16. The number of aryl methyl sites for hydroxylation is 1. The summed E-state index contributed by atoms with van der Waals surface area (Å²) in [6.45, 7) is 2.84. The Morgan fingerprint density at radius 1 is 0.944 bits per heavy atom. The Morgan fingerprint density at radius 2 is 1.64 bits per heavy atom. The fourth-order valence-electron chi connectivity index (χ4n) is 5.04. The van der Waals surface area contributed by atoms with E-state index in [-0.39, 0.29) is 42.3 Å². The lowest BCUT2D eigenvalue weighted by Crippen LogP contribution is -2.55. The number of nitrogens with one attached hydrogen (secondary N) is 2. The van der Waals surface area contributed by atoms with Crippen LogP contribution in [0.1, 0.15) is 54.4 Å². The Balaban J connectivity index is 1.30. The summed E-state index contributed by atoms with van der Waals surface area (Å²) >= 11 is 5.89. The maximum atomic E-state index is 13.2. The predicted octanol–water partition coefficient (Wildman–Crippen LogP) is 4.12. The predicted molar refractivity (Wildman–Crippen MR) is 139 cm³/mol. The van der Waals surface area contributed by atoms with Gasteiger partial charge in [-0.3, -0.25) is 14.4 Å². The number of nitrogens with zero attached hydrogens (tertiary/aromatic N) is 1. The van der Waals surface area contributed by atoms with Gasteiger partial charge in [0.05, 0.1) is 5.92 Å². The number of hydrogen-bond donors (Lipinski definition) is 2. The average Bonchev–Trinajstić information content (AvgIpc) is 2.89. The Kier molecular flexibility index (Phi) is 8.86. The molecule has 1 saturated carbocycles. The van der Waals surface area contributed by atoms with Crippen LogP contribution in [0.3, 0.4) is 0 Å². The van der Waals surface area contributed by atoms with Gasteiger partial charge in [-0.25, -0.2) is 0 Å². The molecule has 36 heavy (non-hydrogen) atoms. The van der Waals surface area contributed by atoms with Crippen LogP contribution in [0.5, 0.6) is 5.75 Å². The first-order valence-electron chi connectivity index (χ1n) is 12.7. The highest BCUT2D eigenvalue weighted by Crippen LogP contribution is 2.23. The van der Waals surface area contributed by atoms with E-state index < -0.39 is 0 Å². The monoisotopic (exact) mass is 511 g/mol. The molecule has 4 rings (SSSR count). The maximum Gasteiger partial charge on any atom is 0.260 e. The molecule has 0 bridgehead atoms. The first-order chi connectivity index (χ1) is 17.4. The smallest absolute Gasteiger partial charge is 0.260 e. The number of likely N-dealkylation sites (tertiary alicyclic amines) is 1. The van der Waals surface area contributed by atoms with E-state index in [0.29, 0.717) is 29.4 Å². The van der Waals surface area contributed by atoms with Crippen molar-refractivity contribution in [3.63, 3.8) is 0 Å². The third-order valence-electron chi connectivity index (χ3n) is 7.12. The van der Waals surface area contributed by atoms with Gasteiger partial charge in [-0.15, -0.1) is 0 Å². The zero-order valence-corrected chi connectivity index (χ0v) is 21.4. The minimum absolute atomic E-state index is 0.0480. The van der Waals surface area contributed by atoms with Gasteiger partial charge in [-0.05, 0) is 68.5 Å². The second-order valence-corrected chi connectivity index (χ2v) is 10.2. The molecule has 3 amide bonds. The third kappa shape index (κ3) is 6.78. The molecule has 8 heteroatoms. The van der Waals surface area contributed by atoms with Gasteiger partial charge in [0.1, 0.15) is 5.75 Å². The molecule has 2 N–H and O–H groups in total. The van der Waals surface area contributed by atoms with Crippen molar-refractivity contribution in [3.05, 3.63) is 64.7 Å². The summed E-state index contributed by atoms with van der Waals surface area (Å²) in [4.78, 5) is 40.5. The largest absolute Gasteiger partial charge is 0.484 e. The summed E-state index contributed by atoms with van der Waals surface area (Å²) in [6, 6.07) is 14.2. The van der Waals surface area contributed by atoms with Crippen molar-refractivity contribution in [1.29, 1.82) is 0 Å². The molecule has 1 heterocycles. The van der Waals surface area contributed by atoms with Crippen LogP contribution in [0.25, 0.3) is 0 Å². The number of amides is 3. The quantitative estimate of drug-likeness (QED) is 0.585. The van der Waals surface area contributed by atoms with Crippen LogP contribution in [-0.2, 0) is 9.59 Å². The summed E-state index contributed by atoms with van der Waals surface area (Å²) in [6.07, 6.45) is 5.20. The summed E-state index contributed by atoms with van der Waals surface area (Å²) in [5.74, 6) is 0.0223. The van der Waals surface area contributed by atoms with Gasteiger partial charge in [0, 0.05) is 35.8 Å². The number of piperidine rings is 1. The molecule has 2 aromatic rings. The van der Waals surface area contributed by atoms with E-state index in [1.54, 1.807) is 29.2 Å². The summed E-state index contributed by atoms with van der Waals surface area (Å²) in [5, 5.41) is 6.96. The maximum absolute atomic E-state index is 13.2. The Labute approximate surface area is 217 Å². The summed E-state index contributed by atoms with van der Waals surface area (Å²) in [5.41, 5.74) is 1.59. The molecule has 1 aliphatic carbocycles. The lowest BCUT2D eigenvalue weighted by molar-refractivity contribution is -0.137. The van der Waals surface area contributed by atoms with E-state index >= 15 is 0 Å². The van der Waals surface area contributed by atoms with Crippen LogP contribution >= 0.6 is 11.6 Å². The molecule has 7 nitrogen and oxygen atoms in total. The van der Waals surface area contributed by atoms with E-state index in [9.17, 15) is 14.4 Å². The highest BCUT2D eigenvalue weighted by atomic mass is 35.5. The van der Waals surface area contributed by atoms with Gasteiger partial charge in [-0.2, -0.15) is 0 Å². The van der Waals surface area contributed by atoms with Crippen molar-refractivity contribution < 1.29 is 19.1 Å². The minimum atomic E-state index is -0.270. The zero-order chi connectivity index (χ0) is 25.5. The number of ether oxygens (including phenoxy) is 1. The zero-order valence-electron chi connectivity index (χ0n) is 20.7. The Morgan fingerprint density at radius 3 is 2.36 bits per heavy atom. The van der Waals surface area contributed by atoms with Gasteiger partial charge in [0.2, 0.25) is 5.91 Å². The highest BCUT2D eigenvalue weighted by Gasteiger charge is 2.33. The van der Waals surface area contributed by atoms with Crippen LogP contribution in [0, 0.1) is 12.8 Å². The van der Waals surface area contributed by atoms with Gasteiger partial charge >= 0.3 is 0 Å². The van der Waals surface area contributed by atoms with Gasteiger partial charge in [-0.1, -0.05) is 42.6 Å². The SMILES string of the molecule is Cc1ccccc1C(=O)N[C@@H]1CCCCC1NC(=O)C1CCCN(C(=O)COc2ccc(Cl)cc2)C1. The number of carbonyl (C=O) groups excluding carboxylic acids is 3. The fraction of sp³-hybridized carbons (Fsp3) is 0.464. The Bertz CT molecular complexity index is 1070. The molecule has 3 atom stereocenters. The number of halogens is 1. The van der Waals surface area contributed by atoms with Crippen molar-refractivity contribution in [2.75, 3.05) is 19.7 Å². The van der Waals surface area contributed by atoms with Gasteiger partial charge < -0.3 is 20.3 Å². The summed E-state index contributed by atoms with van der Waals surface area (Å²) in [7, 11) is 0. The molecule has 1 aliphatic heterocycles. The number of rotatable bonds is 7. The molecule has 192 valence electrons. The van der Waals surface area contributed by atoms with Crippen LogP contribution in [0.15, 0.2) is 48.5 Å². The second-order valence-electron chi connectivity index (χ2n) is 9.72. The van der Waals surface area contributed by atoms with Crippen LogP contribution in [-0.4, -0.2) is 54.4 Å². The average molecular weight is 512 g/mol.